The summed E-state index contributed by atoms with van der Waals surface area (Å²) in [6.45, 7) is 11.1. The number of nitrogens with zero attached hydrogens (tertiary/aromatic N) is 2. The third kappa shape index (κ3) is 2.77. The van der Waals surface area contributed by atoms with Crippen molar-refractivity contribution in [3.8, 4) is 0 Å². The second kappa shape index (κ2) is 6.01. The molecule has 1 aromatic rings. The van der Waals surface area contributed by atoms with Gasteiger partial charge in [-0.15, -0.1) is 0 Å². The van der Waals surface area contributed by atoms with Crippen LogP contribution in [0.4, 0.5) is 5.69 Å². The number of likely N-dealkylation sites (tertiary alicyclic amines) is 1. The van der Waals surface area contributed by atoms with E-state index in [-0.39, 0.29) is 0 Å². The van der Waals surface area contributed by atoms with Gasteiger partial charge < -0.3 is 15.1 Å². The largest absolute Gasteiger partial charge is 0.359 e. The van der Waals surface area contributed by atoms with Crippen LogP contribution in [0.2, 0.25) is 0 Å². The monoisotopic (exact) mass is 315 g/mol. The first-order valence-corrected chi connectivity index (χ1v) is 8.38. The number of anilines is 1. The number of nitrogens with one attached hydrogen (secondary N) is 1. The summed E-state index contributed by atoms with van der Waals surface area (Å²) in [5.74, 6) is 0.554. The molecule has 3 nitrogen and oxygen atoms in total. The molecule has 3 rings (SSSR count). The van der Waals surface area contributed by atoms with Gasteiger partial charge in [-0.1, -0.05) is 29.8 Å². The van der Waals surface area contributed by atoms with Gasteiger partial charge in [-0.2, -0.15) is 0 Å². The van der Waals surface area contributed by atoms with Crippen molar-refractivity contribution in [3.63, 3.8) is 0 Å². The Labute approximate surface area is 139 Å². The normalized spacial score (nSPS) is 23.9. The van der Waals surface area contributed by atoms with Crippen molar-refractivity contribution in [3.05, 3.63) is 41.5 Å². The first-order valence-electron chi connectivity index (χ1n) is 7.98. The van der Waals surface area contributed by atoms with Crippen LogP contribution >= 0.6 is 12.2 Å². The second-order valence-electron chi connectivity index (χ2n) is 6.77. The second-order valence-corrected chi connectivity index (χ2v) is 7.16. The van der Waals surface area contributed by atoms with Gasteiger partial charge in [-0.05, 0) is 57.7 Å². The molecule has 0 bridgehead atoms. The quantitative estimate of drug-likeness (QED) is 0.667. The van der Waals surface area contributed by atoms with E-state index < -0.39 is 0 Å². The highest BCUT2D eigenvalue weighted by Crippen LogP contribution is 2.44. The van der Waals surface area contributed by atoms with Crippen LogP contribution in [-0.4, -0.2) is 42.7 Å². The topological polar surface area (TPSA) is 18.5 Å². The summed E-state index contributed by atoms with van der Waals surface area (Å²) >= 11 is 5.70. The van der Waals surface area contributed by atoms with Gasteiger partial charge >= 0.3 is 0 Å². The Morgan fingerprint density at radius 1 is 1.45 bits per heavy atom. The van der Waals surface area contributed by atoms with Gasteiger partial charge in [0.2, 0.25) is 0 Å². The number of benzene rings is 1. The molecule has 2 unspecified atom stereocenters. The Morgan fingerprint density at radius 2 is 2.23 bits per heavy atom. The van der Waals surface area contributed by atoms with E-state index in [0.717, 1.165) is 36.7 Å². The fourth-order valence-electron chi connectivity index (χ4n) is 3.66. The molecule has 0 saturated carbocycles. The minimum atomic E-state index is 0.484. The molecule has 2 aliphatic rings. The van der Waals surface area contributed by atoms with Crippen molar-refractivity contribution in [2.24, 2.45) is 0 Å². The number of hydrogen-bond acceptors (Lipinski definition) is 2. The Bertz CT molecular complexity index is 610. The van der Waals surface area contributed by atoms with Crippen molar-refractivity contribution >= 4 is 23.0 Å². The number of thiocarbonyl (C=S) groups is 1. The van der Waals surface area contributed by atoms with Gasteiger partial charge in [0, 0.05) is 30.7 Å². The van der Waals surface area contributed by atoms with Crippen molar-refractivity contribution in [1.82, 2.24) is 10.2 Å². The number of rotatable bonds is 2. The molecule has 1 fully saturated rings. The minimum Gasteiger partial charge on any atom is -0.359 e. The van der Waals surface area contributed by atoms with Crippen LogP contribution in [0.25, 0.3) is 0 Å². The van der Waals surface area contributed by atoms with Crippen LogP contribution in [0, 0.1) is 6.92 Å². The van der Waals surface area contributed by atoms with E-state index in [1.807, 2.05) is 6.92 Å². The van der Waals surface area contributed by atoms with Crippen molar-refractivity contribution < 1.29 is 0 Å². The number of piperidine rings is 1. The molecule has 0 aliphatic carbocycles. The fourth-order valence-corrected chi connectivity index (χ4v) is 3.96. The molecule has 1 aromatic carbocycles. The van der Waals surface area contributed by atoms with E-state index in [2.05, 4.69) is 53.9 Å². The Balaban J connectivity index is 1.93. The SMILES string of the molecule is C=C(C)CNC(=S)N1c2ccc(C)cc2C2CN(C)CCC21. The maximum atomic E-state index is 5.70. The third-order valence-corrected chi connectivity index (χ3v) is 5.05. The highest BCUT2D eigenvalue weighted by atomic mass is 32.1. The molecule has 0 amide bonds. The van der Waals surface area contributed by atoms with Gasteiger partial charge in [-0.25, -0.2) is 0 Å². The lowest BCUT2D eigenvalue weighted by molar-refractivity contribution is 0.237. The lowest BCUT2D eigenvalue weighted by Gasteiger charge is -2.37. The maximum absolute atomic E-state index is 5.70. The molecule has 0 spiro atoms. The van der Waals surface area contributed by atoms with E-state index >= 15 is 0 Å². The summed E-state index contributed by atoms with van der Waals surface area (Å²) < 4.78 is 0. The van der Waals surface area contributed by atoms with Gasteiger partial charge in [0.15, 0.2) is 5.11 Å². The van der Waals surface area contributed by atoms with Crippen molar-refractivity contribution in [2.45, 2.75) is 32.2 Å². The number of hydrogen-bond donors (Lipinski definition) is 1. The molecule has 118 valence electrons. The van der Waals surface area contributed by atoms with Gasteiger partial charge in [-0.3, -0.25) is 0 Å². The molecule has 0 aromatic heterocycles. The Hall–Kier alpha value is -1.39. The number of aryl methyl sites for hydroxylation is 1. The zero-order valence-corrected chi connectivity index (χ0v) is 14.5. The highest BCUT2D eigenvalue weighted by molar-refractivity contribution is 7.80. The maximum Gasteiger partial charge on any atom is 0.174 e. The molecule has 2 heterocycles. The first-order chi connectivity index (χ1) is 10.5. The van der Waals surface area contributed by atoms with Crippen LogP contribution in [0.5, 0.6) is 0 Å². The predicted molar refractivity (Wildman–Crippen MR) is 97.7 cm³/mol. The zero-order valence-electron chi connectivity index (χ0n) is 13.7. The summed E-state index contributed by atoms with van der Waals surface area (Å²) in [5.41, 5.74) is 5.17. The number of fused-ring (bicyclic) bond motifs is 3. The summed E-state index contributed by atoms with van der Waals surface area (Å²) in [6, 6.07) is 7.25. The third-order valence-electron chi connectivity index (χ3n) is 4.71. The summed E-state index contributed by atoms with van der Waals surface area (Å²) in [6.07, 6.45) is 1.16. The van der Waals surface area contributed by atoms with Crippen LogP contribution in [0.3, 0.4) is 0 Å². The highest BCUT2D eigenvalue weighted by Gasteiger charge is 2.42. The average Bonchev–Trinajstić information content (AvgIpc) is 2.78. The van der Waals surface area contributed by atoms with Gasteiger partial charge in [0.1, 0.15) is 0 Å². The summed E-state index contributed by atoms with van der Waals surface area (Å²) in [5, 5.41) is 4.21. The minimum absolute atomic E-state index is 0.484. The van der Waals surface area contributed by atoms with Crippen LogP contribution in [-0.2, 0) is 0 Å². The lowest BCUT2D eigenvalue weighted by atomic mass is 9.89. The summed E-state index contributed by atoms with van der Waals surface area (Å²) in [7, 11) is 2.21. The van der Waals surface area contributed by atoms with E-state index in [0.29, 0.717) is 12.0 Å². The molecule has 1 N–H and O–H groups in total. The molecule has 1 saturated heterocycles. The first kappa shape index (κ1) is 15.5. The number of likely N-dealkylation sites (N-methyl/N-ethyl adjacent to an activating group) is 1. The summed E-state index contributed by atoms with van der Waals surface area (Å²) in [4.78, 5) is 4.78. The van der Waals surface area contributed by atoms with Crippen LogP contribution in [0.1, 0.15) is 30.4 Å². The van der Waals surface area contributed by atoms with Gasteiger partial charge in [0.05, 0.1) is 0 Å². The molecule has 4 heteroatoms. The fraction of sp³-hybridized carbons (Fsp3) is 0.500. The Kier molecular flexibility index (Phi) is 4.24. The lowest BCUT2D eigenvalue weighted by Crippen LogP contribution is -2.50. The molecule has 2 aliphatic heterocycles. The molecule has 22 heavy (non-hydrogen) atoms. The molecular formula is C18H25N3S. The molecular weight excluding hydrogens is 290 g/mol. The predicted octanol–water partition coefficient (Wildman–Crippen LogP) is 3.05. The van der Waals surface area contributed by atoms with E-state index in [9.17, 15) is 0 Å². The van der Waals surface area contributed by atoms with E-state index in [1.54, 1.807) is 0 Å². The smallest absolute Gasteiger partial charge is 0.174 e. The standard InChI is InChI=1S/C18H25N3S/c1-12(2)10-19-18(22)21-16-6-5-13(3)9-14(16)15-11-20(4)8-7-17(15)21/h5-6,9,15,17H,1,7-8,10-11H2,2-4H3,(H,19,22). The molecule has 0 radical (unpaired) electrons. The molecule has 2 atom stereocenters. The van der Waals surface area contributed by atoms with Crippen LogP contribution in [0.15, 0.2) is 30.4 Å². The van der Waals surface area contributed by atoms with E-state index in [1.165, 1.54) is 16.8 Å². The van der Waals surface area contributed by atoms with Crippen molar-refractivity contribution in [1.29, 1.82) is 0 Å². The van der Waals surface area contributed by atoms with Gasteiger partial charge in [0.25, 0.3) is 0 Å². The van der Waals surface area contributed by atoms with Crippen LogP contribution < -0.4 is 10.2 Å². The van der Waals surface area contributed by atoms with Crippen molar-refractivity contribution in [2.75, 3.05) is 31.6 Å². The zero-order chi connectivity index (χ0) is 15.9. The Morgan fingerprint density at radius 3 is 2.95 bits per heavy atom. The average molecular weight is 315 g/mol. The van der Waals surface area contributed by atoms with E-state index in [4.69, 9.17) is 12.2 Å².